The van der Waals surface area contributed by atoms with Gasteiger partial charge in [-0.05, 0) is 24.6 Å². The van der Waals surface area contributed by atoms with Gasteiger partial charge in [-0.1, -0.05) is 0 Å². The van der Waals surface area contributed by atoms with Gasteiger partial charge in [0, 0.05) is 12.2 Å². The van der Waals surface area contributed by atoms with E-state index in [1.807, 2.05) is 0 Å². The van der Waals surface area contributed by atoms with E-state index in [9.17, 15) is 4.79 Å². The molecule has 2 rings (SSSR count). The van der Waals surface area contributed by atoms with E-state index >= 15 is 0 Å². The lowest BCUT2D eigenvalue weighted by Crippen LogP contribution is -2.30. The van der Waals surface area contributed by atoms with E-state index in [0.717, 1.165) is 12.1 Å². The number of nitrogens with two attached hydrogens (primary N) is 1. The molecule has 0 radical (unpaired) electrons. The smallest absolute Gasteiger partial charge is 0.323 e. The minimum Gasteiger partial charge on any atom is -0.491 e. The van der Waals surface area contributed by atoms with Gasteiger partial charge in [-0.25, -0.2) is 0 Å². The van der Waals surface area contributed by atoms with E-state index in [-0.39, 0.29) is 6.54 Å². The molecular weight excluding hydrogens is 208 g/mol. The second kappa shape index (κ2) is 4.30. The van der Waals surface area contributed by atoms with Crippen molar-refractivity contribution < 1.29 is 14.6 Å². The summed E-state index contributed by atoms with van der Waals surface area (Å²) in [4.78, 5) is 12.5. The number of carbonyl (C=O) groups is 1. The Balaban J connectivity index is 2.34. The monoisotopic (exact) mass is 222 g/mol. The Hall–Kier alpha value is -1.91. The van der Waals surface area contributed by atoms with Crippen LogP contribution in [-0.2, 0) is 4.79 Å². The number of benzene rings is 1. The van der Waals surface area contributed by atoms with Gasteiger partial charge in [-0.15, -0.1) is 0 Å². The number of hydrogen-bond acceptors (Lipinski definition) is 4. The number of ether oxygens (including phenoxy) is 1. The van der Waals surface area contributed by atoms with Crippen molar-refractivity contribution in [1.82, 2.24) is 0 Å². The number of hydrogen-bond donors (Lipinski definition) is 2. The zero-order valence-corrected chi connectivity index (χ0v) is 8.85. The van der Waals surface area contributed by atoms with Crippen LogP contribution in [0.25, 0.3) is 0 Å². The maximum Gasteiger partial charge on any atom is 0.323 e. The number of nitrogens with zero attached hydrogens (tertiary/aromatic N) is 1. The minimum absolute atomic E-state index is 0.0280. The highest BCUT2D eigenvalue weighted by Gasteiger charge is 2.18. The molecule has 0 bridgehead atoms. The summed E-state index contributed by atoms with van der Waals surface area (Å²) in [5, 5.41) is 8.84. The Morgan fingerprint density at radius 1 is 1.56 bits per heavy atom. The number of fused-ring (bicyclic) bond motifs is 1. The fourth-order valence-corrected chi connectivity index (χ4v) is 1.79. The molecule has 0 fully saturated rings. The molecule has 86 valence electrons. The second-order valence-electron chi connectivity index (χ2n) is 3.74. The summed E-state index contributed by atoms with van der Waals surface area (Å²) in [5.74, 6) is -0.150. The van der Waals surface area contributed by atoms with Crippen molar-refractivity contribution in [3.8, 4) is 5.75 Å². The second-order valence-corrected chi connectivity index (χ2v) is 3.74. The van der Waals surface area contributed by atoms with Gasteiger partial charge in [0.1, 0.15) is 12.3 Å². The van der Waals surface area contributed by atoms with Gasteiger partial charge in [-0.3, -0.25) is 4.79 Å². The lowest BCUT2D eigenvalue weighted by atomic mass is 10.2. The van der Waals surface area contributed by atoms with Crippen LogP contribution in [0.1, 0.15) is 6.42 Å². The van der Waals surface area contributed by atoms with Crippen LogP contribution in [0, 0.1) is 0 Å². The molecule has 0 aromatic heterocycles. The Labute approximate surface area is 93.4 Å². The fraction of sp³-hybridized carbons (Fsp3) is 0.364. The summed E-state index contributed by atoms with van der Waals surface area (Å²) in [6, 6.07) is 5.29. The number of carboxylic acid groups (broad SMARTS) is 1. The summed E-state index contributed by atoms with van der Waals surface area (Å²) in [6.45, 7) is 1.25. The van der Waals surface area contributed by atoms with E-state index in [0.29, 0.717) is 24.6 Å². The summed E-state index contributed by atoms with van der Waals surface area (Å²) in [6.07, 6.45) is 0.807. The Bertz CT molecular complexity index is 406. The van der Waals surface area contributed by atoms with Gasteiger partial charge < -0.3 is 20.5 Å². The highest BCUT2D eigenvalue weighted by Crippen LogP contribution is 2.32. The van der Waals surface area contributed by atoms with Crippen molar-refractivity contribution in [2.24, 2.45) is 0 Å². The van der Waals surface area contributed by atoms with Crippen LogP contribution in [0.5, 0.6) is 5.75 Å². The van der Waals surface area contributed by atoms with Gasteiger partial charge in [0.2, 0.25) is 0 Å². The van der Waals surface area contributed by atoms with Gasteiger partial charge in [0.15, 0.2) is 0 Å². The highest BCUT2D eigenvalue weighted by atomic mass is 16.5. The quantitative estimate of drug-likeness (QED) is 0.728. The average molecular weight is 222 g/mol. The van der Waals surface area contributed by atoms with Crippen molar-refractivity contribution in [3.05, 3.63) is 18.2 Å². The predicted molar refractivity (Wildman–Crippen MR) is 60.8 cm³/mol. The first-order valence-electron chi connectivity index (χ1n) is 5.16. The number of nitrogen functional groups attached to an aromatic ring is 1. The molecule has 5 heteroatoms. The molecule has 5 nitrogen and oxygen atoms in total. The van der Waals surface area contributed by atoms with Crippen molar-refractivity contribution in [2.75, 3.05) is 30.3 Å². The first kappa shape index (κ1) is 10.6. The lowest BCUT2D eigenvalue weighted by Gasteiger charge is -2.21. The number of anilines is 2. The van der Waals surface area contributed by atoms with E-state index < -0.39 is 5.97 Å². The van der Waals surface area contributed by atoms with E-state index in [1.54, 1.807) is 23.1 Å². The Kier molecular flexibility index (Phi) is 2.85. The van der Waals surface area contributed by atoms with Crippen molar-refractivity contribution in [2.45, 2.75) is 6.42 Å². The molecule has 3 N–H and O–H groups in total. The largest absolute Gasteiger partial charge is 0.491 e. The molecule has 1 aromatic carbocycles. The van der Waals surface area contributed by atoms with Crippen LogP contribution in [0.3, 0.4) is 0 Å². The molecule has 0 spiro atoms. The normalized spacial score (nSPS) is 14.9. The first-order valence-corrected chi connectivity index (χ1v) is 5.16. The average Bonchev–Trinajstić information content (AvgIpc) is 2.41. The Morgan fingerprint density at radius 2 is 2.38 bits per heavy atom. The third kappa shape index (κ3) is 2.18. The molecule has 0 amide bonds. The topological polar surface area (TPSA) is 75.8 Å². The first-order chi connectivity index (χ1) is 7.66. The molecule has 1 heterocycles. The molecule has 1 aliphatic heterocycles. The standard InChI is InChI=1S/C11H14N2O3/c12-8-2-3-10-9(6-8)13(7-11(14)15)4-1-5-16-10/h2-3,6H,1,4-5,7,12H2,(H,14,15). The van der Waals surface area contributed by atoms with Crippen LogP contribution in [0.2, 0.25) is 0 Å². The van der Waals surface area contributed by atoms with Crippen molar-refractivity contribution in [3.63, 3.8) is 0 Å². The zero-order valence-electron chi connectivity index (χ0n) is 8.85. The van der Waals surface area contributed by atoms with E-state index in [4.69, 9.17) is 15.6 Å². The summed E-state index contributed by atoms with van der Waals surface area (Å²) >= 11 is 0. The molecule has 1 aliphatic rings. The maximum atomic E-state index is 10.8. The predicted octanol–water partition coefficient (Wildman–Crippen LogP) is 0.942. The summed E-state index contributed by atoms with van der Waals surface area (Å²) in [7, 11) is 0. The van der Waals surface area contributed by atoms with Gasteiger partial charge in [0.25, 0.3) is 0 Å². The molecule has 0 atom stereocenters. The number of carboxylic acids is 1. The van der Waals surface area contributed by atoms with Crippen LogP contribution in [0.4, 0.5) is 11.4 Å². The van der Waals surface area contributed by atoms with E-state index in [1.165, 1.54) is 0 Å². The molecule has 16 heavy (non-hydrogen) atoms. The lowest BCUT2D eigenvalue weighted by molar-refractivity contribution is -0.135. The third-order valence-electron chi connectivity index (χ3n) is 2.48. The van der Waals surface area contributed by atoms with Gasteiger partial charge >= 0.3 is 5.97 Å². The number of aliphatic carboxylic acids is 1. The highest BCUT2D eigenvalue weighted by molar-refractivity contribution is 5.76. The van der Waals surface area contributed by atoms with Gasteiger partial charge in [0.05, 0.1) is 12.3 Å². The van der Waals surface area contributed by atoms with Crippen LogP contribution in [-0.4, -0.2) is 30.8 Å². The van der Waals surface area contributed by atoms with Crippen molar-refractivity contribution in [1.29, 1.82) is 0 Å². The molecule has 1 aromatic rings. The summed E-state index contributed by atoms with van der Waals surface area (Å²) < 4.78 is 5.53. The van der Waals surface area contributed by atoms with Crippen molar-refractivity contribution >= 4 is 17.3 Å². The third-order valence-corrected chi connectivity index (χ3v) is 2.48. The zero-order chi connectivity index (χ0) is 11.5. The number of rotatable bonds is 2. The molecule has 0 aliphatic carbocycles. The maximum absolute atomic E-state index is 10.8. The fourth-order valence-electron chi connectivity index (χ4n) is 1.79. The van der Waals surface area contributed by atoms with Crippen LogP contribution < -0.4 is 15.4 Å². The van der Waals surface area contributed by atoms with Crippen LogP contribution >= 0.6 is 0 Å². The molecular formula is C11H14N2O3. The minimum atomic E-state index is -0.852. The van der Waals surface area contributed by atoms with E-state index in [2.05, 4.69) is 0 Å². The molecule has 0 saturated carbocycles. The molecule has 0 unspecified atom stereocenters. The van der Waals surface area contributed by atoms with Gasteiger partial charge in [-0.2, -0.15) is 0 Å². The van der Waals surface area contributed by atoms with Crippen LogP contribution in [0.15, 0.2) is 18.2 Å². The Morgan fingerprint density at radius 3 is 3.12 bits per heavy atom. The molecule has 0 saturated heterocycles. The summed E-state index contributed by atoms with van der Waals surface area (Å²) in [5.41, 5.74) is 7.07. The SMILES string of the molecule is Nc1ccc2c(c1)N(CC(=O)O)CCCO2.